The Kier molecular flexibility index (Phi) is 2.66. The summed E-state index contributed by atoms with van der Waals surface area (Å²) in [5, 5.41) is 3.31. The zero-order valence-electron chi connectivity index (χ0n) is 8.28. The molecule has 2 rings (SSSR count). The third-order valence-corrected chi connectivity index (χ3v) is 2.44. The van der Waals surface area contributed by atoms with Crippen molar-refractivity contribution in [2.45, 2.75) is 12.0 Å². The fourth-order valence-electron chi connectivity index (χ4n) is 1.69. The lowest BCUT2D eigenvalue weighted by atomic mass is 9.99. The van der Waals surface area contributed by atoms with Crippen LogP contribution in [0, 0.1) is 11.9 Å². The maximum absolute atomic E-state index is 12.9. The Morgan fingerprint density at radius 1 is 1.69 bits per heavy atom. The van der Waals surface area contributed by atoms with Crippen LogP contribution in [0.1, 0.15) is 5.56 Å². The molecule has 1 aliphatic heterocycles. The number of fused-ring (bicyclic) bond motifs is 1. The molecule has 4 nitrogen and oxygen atoms in total. The molecule has 83 valence electrons. The summed E-state index contributed by atoms with van der Waals surface area (Å²) >= 11 is 0. The normalized spacial score (nSPS) is 22.1. The Morgan fingerprint density at radius 2 is 2.50 bits per heavy atom. The van der Waals surface area contributed by atoms with Crippen LogP contribution in [0.15, 0.2) is 17.2 Å². The van der Waals surface area contributed by atoms with E-state index in [-0.39, 0.29) is 13.0 Å². The molecule has 1 atom stereocenters. The first-order valence-electron chi connectivity index (χ1n) is 4.65. The molecule has 0 spiro atoms. The van der Waals surface area contributed by atoms with Crippen molar-refractivity contribution in [3.63, 3.8) is 0 Å². The molecule has 1 heterocycles. The van der Waals surface area contributed by atoms with E-state index in [4.69, 9.17) is 10.3 Å². The smallest absolute Gasteiger partial charge is 0.147 e. The average Bonchev–Trinajstić information content (AvgIpc) is 2.65. The molecule has 6 heteroatoms. The van der Waals surface area contributed by atoms with E-state index in [1.54, 1.807) is 0 Å². The fraction of sp³-hybridized carbons (Fsp3) is 0.400. The maximum atomic E-state index is 12.9. The number of azide groups is 1. The van der Waals surface area contributed by atoms with Gasteiger partial charge in [0, 0.05) is 23.0 Å². The van der Waals surface area contributed by atoms with Gasteiger partial charge in [0.2, 0.25) is 0 Å². The molecule has 1 radical (unpaired) electrons. The van der Waals surface area contributed by atoms with Gasteiger partial charge in [-0.3, -0.25) is 0 Å². The summed E-state index contributed by atoms with van der Waals surface area (Å²) in [5.41, 5.74) is 7.56. The second-order valence-corrected chi connectivity index (χ2v) is 3.66. The summed E-state index contributed by atoms with van der Waals surface area (Å²) in [5.74, 6) is -0.118. The van der Waals surface area contributed by atoms with E-state index in [2.05, 4.69) is 16.1 Å². The molecule has 0 fully saturated rings. The number of alkyl halides is 1. The summed E-state index contributed by atoms with van der Waals surface area (Å²) in [6, 6.07) is 4.99. The van der Waals surface area contributed by atoms with Crippen LogP contribution < -0.4 is 4.74 Å². The quantitative estimate of drug-likeness (QED) is 0.442. The Hall–Kier alpha value is -1.81. The highest BCUT2D eigenvalue weighted by Crippen LogP contribution is 2.35. The topological polar surface area (TPSA) is 58.0 Å². The van der Waals surface area contributed by atoms with Crippen LogP contribution in [0.2, 0.25) is 0 Å². The Bertz CT molecular complexity index is 459. The standard InChI is InChI=1S/C10H8F2N3O/c11-5-10(6-14-15-13)4-7-3-8(12)1-2-9(7)16-10/h1,3H,4-6H2. The molecule has 1 aromatic carbocycles. The van der Waals surface area contributed by atoms with Gasteiger partial charge in [0.15, 0.2) is 0 Å². The number of nitrogens with zero attached hydrogens (tertiary/aromatic N) is 3. The van der Waals surface area contributed by atoms with Crippen molar-refractivity contribution in [2.24, 2.45) is 5.11 Å². The highest BCUT2D eigenvalue weighted by atomic mass is 19.1. The van der Waals surface area contributed by atoms with Crippen molar-refractivity contribution in [3.8, 4) is 5.75 Å². The molecule has 1 unspecified atom stereocenters. The number of halogens is 2. The SMILES string of the molecule is [N-]=[N+]=NCC1(CF)Cc2cc(F)c[c]c2O1. The van der Waals surface area contributed by atoms with E-state index in [1.165, 1.54) is 6.07 Å². The number of benzene rings is 1. The molecular formula is C10H8F2N3O. The number of hydrogen-bond acceptors (Lipinski definition) is 2. The molecule has 0 aromatic heterocycles. The van der Waals surface area contributed by atoms with E-state index in [1.807, 2.05) is 0 Å². The highest BCUT2D eigenvalue weighted by Gasteiger charge is 2.39. The van der Waals surface area contributed by atoms with Crippen molar-refractivity contribution < 1.29 is 13.5 Å². The number of rotatable bonds is 3. The molecule has 0 amide bonds. The molecule has 1 aromatic rings. The van der Waals surface area contributed by atoms with Gasteiger partial charge in [-0.15, -0.1) is 0 Å². The van der Waals surface area contributed by atoms with Crippen LogP contribution >= 0.6 is 0 Å². The molecular weight excluding hydrogens is 216 g/mol. The van der Waals surface area contributed by atoms with Gasteiger partial charge in [-0.05, 0) is 17.7 Å². The van der Waals surface area contributed by atoms with Gasteiger partial charge < -0.3 is 4.74 Å². The number of hydrogen-bond donors (Lipinski definition) is 0. The predicted molar refractivity (Wildman–Crippen MR) is 52.3 cm³/mol. The van der Waals surface area contributed by atoms with E-state index in [0.717, 1.165) is 6.07 Å². The molecule has 0 N–H and O–H groups in total. The minimum Gasteiger partial charge on any atom is -0.483 e. The van der Waals surface area contributed by atoms with Gasteiger partial charge in [-0.1, -0.05) is 5.11 Å². The third kappa shape index (κ3) is 1.79. The van der Waals surface area contributed by atoms with Crippen molar-refractivity contribution in [1.82, 2.24) is 0 Å². The molecule has 0 bridgehead atoms. The van der Waals surface area contributed by atoms with Crippen molar-refractivity contribution >= 4 is 0 Å². The zero-order valence-corrected chi connectivity index (χ0v) is 8.28. The largest absolute Gasteiger partial charge is 0.483 e. The van der Waals surface area contributed by atoms with Crippen LogP contribution in [0.25, 0.3) is 10.4 Å². The molecule has 0 saturated heterocycles. The third-order valence-electron chi connectivity index (χ3n) is 2.44. The number of ether oxygens (including phenoxy) is 1. The van der Waals surface area contributed by atoms with Crippen molar-refractivity contribution in [1.29, 1.82) is 0 Å². The van der Waals surface area contributed by atoms with Crippen molar-refractivity contribution in [3.05, 3.63) is 40.0 Å². The van der Waals surface area contributed by atoms with Gasteiger partial charge in [0.05, 0.1) is 6.54 Å². The predicted octanol–water partition coefficient (Wildman–Crippen LogP) is 2.58. The second kappa shape index (κ2) is 3.98. The van der Waals surface area contributed by atoms with E-state index >= 15 is 0 Å². The fourth-order valence-corrected chi connectivity index (χ4v) is 1.69. The van der Waals surface area contributed by atoms with E-state index in [0.29, 0.717) is 11.3 Å². The van der Waals surface area contributed by atoms with Crippen LogP contribution in [0.3, 0.4) is 0 Å². The minimum atomic E-state index is -1.20. The Labute approximate surface area is 90.5 Å². The molecule has 16 heavy (non-hydrogen) atoms. The van der Waals surface area contributed by atoms with Crippen LogP contribution in [0.4, 0.5) is 8.78 Å². The van der Waals surface area contributed by atoms with Crippen molar-refractivity contribution in [2.75, 3.05) is 13.2 Å². The van der Waals surface area contributed by atoms with Crippen LogP contribution in [0.5, 0.6) is 5.75 Å². The zero-order chi connectivity index (χ0) is 11.6. The van der Waals surface area contributed by atoms with Gasteiger partial charge in [0.25, 0.3) is 0 Å². The first-order chi connectivity index (χ1) is 7.69. The second-order valence-electron chi connectivity index (χ2n) is 3.66. The van der Waals surface area contributed by atoms with Gasteiger partial charge in [0.1, 0.15) is 23.8 Å². The lowest BCUT2D eigenvalue weighted by molar-refractivity contribution is 0.0728. The first-order valence-corrected chi connectivity index (χ1v) is 4.65. The summed E-state index contributed by atoms with van der Waals surface area (Å²) in [4.78, 5) is 2.57. The van der Waals surface area contributed by atoms with Crippen LogP contribution in [-0.2, 0) is 6.42 Å². The molecule has 0 aliphatic carbocycles. The Morgan fingerprint density at radius 3 is 3.19 bits per heavy atom. The highest BCUT2D eigenvalue weighted by molar-refractivity contribution is 5.39. The molecule has 1 aliphatic rings. The lowest BCUT2D eigenvalue weighted by Gasteiger charge is -2.22. The minimum absolute atomic E-state index is 0.121. The average molecular weight is 224 g/mol. The summed E-state index contributed by atoms with van der Waals surface area (Å²) < 4.78 is 31.2. The van der Waals surface area contributed by atoms with Gasteiger partial charge in [-0.2, -0.15) is 0 Å². The maximum Gasteiger partial charge on any atom is 0.147 e. The monoisotopic (exact) mass is 224 g/mol. The van der Waals surface area contributed by atoms with Crippen LogP contribution in [-0.4, -0.2) is 18.8 Å². The van der Waals surface area contributed by atoms with E-state index in [9.17, 15) is 8.78 Å². The molecule has 0 saturated carbocycles. The summed E-state index contributed by atoms with van der Waals surface area (Å²) in [7, 11) is 0. The Balaban J connectivity index is 2.27. The van der Waals surface area contributed by atoms with Gasteiger partial charge >= 0.3 is 0 Å². The first kappa shape index (κ1) is 10.7. The lowest BCUT2D eigenvalue weighted by Crippen LogP contribution is -2.40. The van der Waals surface area contributed by atoms with E-state index < -0.39 is 18.1 Å². The summed E-state index contributed by atoms with van der Waals surface area (Å²) in [6.07, 6.45) is 0.187. The summed E-state index contributed by atoms with van der Waals surface area (Å²) in [6.45, 7) is -0.916. The van der Waals surface area contributed by atoms with Gasteiger partial charge in [-0.25, -0.2) is 8.78 Å².